The van der Waals surface area contributed by atoms with Crippen molar-refractivity contribution in [3.63, 3.8) is 0 Å². The maximum absolute atomic E-state index is 10.7. The standard InChI is InChI=1S/C14H22N2O3/c1-4-6-7-11(5-2)15-13-9-8-12(16(17)18)10-14(13)19-3/h8-11,15H,4-7H2,1-3H3. The van der Waals surface area contributed by atoms with Gasteiger partial charge in [-0.3, -0.25) is 10.1 Å². The Balaban J connectivity index is 2.84. The van der Waals surface area contributed by atoms with Crippen molar-refractivity contribution in [3.8, 4) is 5.75 Å². The van der Waals surface area contributed by atoms with Crippen LogP contribution in [-0.2, 0) is 0 Å². The first-order valence-corrected chi connectivity index (χ1v) is 6.71. The molecule has 5 nitrogen and oxygen atoms in total. The van der Waals surface area contributed by atoms with Gasteiger partial charge in [0.05, 0.1) is 23.8 Å². The summed E-state index contributed by atoms with van der Waals surface area (Å²) in [5, 5.41) is 14.1. The van der Waals surface area contributed by atoms with Crippen LogP contribution in [0.1, 0.15) is 39.5 Å². The van der Waals surface area contributed by atoms with Gasteiger partial charge in [0.1, 0.15) is 5.75 Å². The monoisotopic (exact) mass is 266 g/mol. The Morgan fingerprint density at radius 3 is 2.68 bits per heavy atom. The second kappa shape index (κ2) is 7.61. The maximum Gasteiger partial charge on any atom is 0.273 e. The van der Waals surface area contributed by atoms with Crippen LogP contribution in [0.2, 0.25) is 0 Å². The van der Waals surface area contributed by atoms with Gasteiger partial charge in [-0.15, -0.1) is 0 Å². The highest BCUT2D eigenvalue weighted by Crippen LogP contribution is 2.30. The molecule has 0 aliphatic rings. The zero-order valence-corrected chi connectivity index (χ0v) is 11.8. The Morgan fingerprint density at radius 2 is 2.16 bits per heavy atom. The molecule has 0 spiro atoms. The topological polar surface area (TPSA) is 64.4 Å². The molecule has 1 aromatic carbocycles. The van der Waals surface area contributed by atoms with Gasteiger partial charge in [-0.05, 0) is 18.9 Å². The van der Waals surface area contributed by atoms with Gasteiger partial charge in [0.2, 0.25) is 0 Å². The summed E-state index contributed by atoms with van der Waals surface area (Å²) in [5.74, 6) is 0.518. The van der Waals surface area contributed by atoms with Crippen LogP contribution in [0.5, 0.6) is 5.75 Å². The lowest BCUT2D eigenvalue weighted by molar-refractivity contribution is -0.384. The number of methoxy groups -OCH3 is 1. The van der Waals surface area contributed by atoms with E-state index in [1.54, 1.807) is 6.07 Å². The molecule has 0 aliphatic heterocycles. The first-order valence-electron chi connectivity index (χ1n) is 6.71. The van der Waals surface area contributed by atoms with E-state index in [0.29, 0.717) is 11.8 Å². The average molecular weight is 266 g/mol. The highest BCUT2D eigenvalue weighted by Gasteiger charge is 2.13. The molecule has 1 unspecified atom stereocenters. The second-order valence-electron chi connectivity index (χ2n) is 4.53. The number of hydrogen-bond acceptors (Lipinski definition) is 4. The zero-order valence-electron chi connectivity index (χ0n) is 11.8. The fourth-order valence-corrected chi connectivity index (χ4v) is 1.96. The molecule has 0 fully saturated rings. The minimum absolute atomic E-state index is 0.0454. The molecule has 0 saturated heterocycles. The lowest BCUT2D eigenvalue weighted by Crippen LogP contribution is -2.18. The Kier molecular flexibility index (Phi) is 6.12. The lowest BCUT2D eigenvalue weighted by atomic mass is 10.1. The highest BCUT2D eigenvalue weighted by atomic mass is 16.6. The molecule has 106 valence electrons. The molecule has 0 radical (unpaired) electrons. The van der Waals surface area contributed by atoms with Gasteiger partial charge in [-0.1, -0.05) is 26.7 Å². The molecule has 5 heteroatoms. The van der Waals surface area contributed by atoms with E-state index in [1.165, 1.54) is 25.7 Å². The number of non-ortho nitro benzene ring substituents is 1. The van der Waals surface area contributed by atoms with Crippen molar-refractivity contribution < 1.29 is 9.66 Å². The normalized spacial score (nSPS) is 11.9. The predicted molar refractivity (Wildman–Crippen MR) is 76.9 cm³/mol. The molecule has 0 aromatic heterocycles. The third-order valence-electron chi connectivity index (χ3n) is 3.15. The molecule has 1 aromatic rings. The zero-order chi connectivity index (χ0) is 14.3. The molecule has 0 bridgehead atoms. The van der Waals surface area contributed by atoms with Crippen molar-refractivity contribution >= 4 is 11.4 Å². The number of nitrogens with one attached hydrogen (secondary N) is 1. The molecule has 0 aliphatic carbocycles. The summed E-state index contributed by atoms with van der Waals surface area (Å²) < 4.78 is 5.22. The molecule has 19 heavy (non-hydrogen) atoms. The quantitative estimate of drug-likeness (QED) is 0.571. The van der Waals surface area contributed by atoms with Crippen LogP contribution in [0.3, 0.4) is 0 Å². The van der Waals surface area contributed by atoms with E-state index in [4.69, 9.17) is 4.74 Å². The van der Waals surface area contributed by atoms with E-state index in [1.807, 2.05) is 0 Å². The predicted octanol–water partition coefficient (Wildman–Crippen LogP) is 3.98. The largest absolute Gasteiger partial charge is 0.494 e. The summed E-state index contributed by atoms with van der Waals surface area (Å²) in [6.45, 7) is 4.30. The van der Waals surface area contributed by atoms with Crippen molar-refractivity contribution in [2.75, 3.05) is 12.4 Å². The first-order chi connectivity index (χ1) is 9.12. The number of unbranched alkanes of at least 4 members (excludes halogenated alkanes) is 1. The number of benzene rings is 1. The number of anilines is 1. The second-order valence-corrected chi connectivity index (χ2v) is 4.53. The number of nitro groups is 1. The van der Waals surface area contributed by atoms with Gasteiger partial charge >= 0.3 is 0 Å². The summed E-state index contributed by atoms with van der Waals surface area (Å²) in [4.78, 5) is 10.3. The van der Waals surface area contributed by atoms with Crippen molar-refractivity contribution in [3.05, 3.63) is 28.3 Å². The third-order valence-corrected chi connectivity index (χ3v) is 3.15. The van der Waals surface area contributed by atoms with Crippen LogP contribution in [-0.4, -0.2) is 18.1 Å². The van der Waals surface area contributed by atoms with Gasteiger partial charge in [0.15, 0.2) is 0 Å². The summed E-state index contributed by atoms with van der Waals surface area (Å²) >= 11 is 0. The molecule has 1 atom stereocenters. The molecule has 1 rings (SSSR count). The third kappa shape index (κ3) is 4.43. The average Bonchev–Trinajstić information content (AvgIpc) is 2.43. The molecular formula is C14H22N2O3. The summed E-state index contributed by atoms with van der Waals surface area (Å²) in [6.07, 6.45) is 4.43. The van der Waals surface area contributed by atoms with Crippen molar-refractivity contribution in [2.45, 2.75) is 45.6 Å². The van der Waals surface area contributed by atoms with Crippen molar-refractivity contribution in [2.24, 2.45) is 0 Å². The Morgan fingerprint density at radius 1 is 1.42 bits per heavy atom. The molecule has 1 N–H and O–H groups in total. The van der Waals surface area contributed by atoms with E-state index in [0.717, 1.165) is 24.9 Å². The van der Waals surface area contributed by atoms with Gasteiger partial charge in [0, 0.05) is 12.1 Å². The van der Waals surface area contributed by atoms with Gasteiger partial charge in [0.25, 0.3) is 5.69 Å². The van der Waals surface area contributed by atoms with E-state index in [-0.39, 0.29) is 5.69 Å². The first kappa shape index (κ1) is 15.3. The van der Waals surface area contributed by atoms with E-state index in [2.05, 4.69) is 19.2 Å². The highest BCUT2D eigenvalue weighted by molar-refractivity contribution is 5.61. The van der Waals surface area contributed by atoms with Crippen molar-refractivity contribution in [1.82, 2.24) is 0 Å². The summed E-state index contributed by atoms with van der Waals surface area (Å²) in [5.41, 5.74) is 0.861. The molecule has 0 heterocycles. The van der Waals surface area contributed by atoms with Crippen LogP contribution < -0.4 is 10.1 Å². The van der Waals surface area contributed by atoms with Crippen LogP contribution >= 0.6 is 0 Å². The van der Waals surface area contributed by atoms with E-state index in [9.17, 15) is 10.1 Å². The maximum atomic E-state index is 10.7. The van der Waals surface area contributed by atoms with Crippen LogP contribution in [0.4, 0.5) is 11.4 Å². The van der Waals surface area contributed by atoms with Gasteiger partial charge < -0.3 is 10.1 Å². The minimum Gasteiger partial charge on any atom is -0.494 e. The lowest BCUT2D eigenvalue weighted by Gasteiger charge is -2.19. The fraction of sp³-hybridized carbons (Fsp3) is 0.571. The Bertz CT molecular complexity index is 421. The smallest absolute Gasteiger partial charge is 0.273 e. The Labute approximate surface area is 114 Å². The Hall–Kier alpha value is -1.78. The summed E-state index contributed by atoms with van der Waals surface area (Å²) in [6, 6.07) is 5.04. The number of ether oxygens (including phenoxy) is 1. The SMILES string of the molecule is CCCCC(CC)Nc1ccc([N+](=O)[O-])cc1OC. The number of nitro benzene ring substituents is 1. The number of nitrogens with zero attached hydrogens (tertiary/aromatic N) is 1. The molecule has 0 saturated carbocycles. The minimum atomic E-state index is -0.416. The molecular weight excluding hydrogens is 244 g/mol. The van der Waals surface area contributed by atoms with E-state index < -0.39 is 4.92 Å². The van der Waals surface area contributed by atoms with Crippen LogP contribution in [0.15, 0.2) is 18.2 Å². The number of rotatable bonds is 8. The summed E-state index contributed by atoms with van der Waals surface area (Å²) in [7, 11) is 1.53. The number of hydrogen-bond donors (Lipinski definition) is 1. The van der Waals surface area contributed by atoms with Crippen LogP contribution in [0, 0.1) is 10.1 Å². The van der Waals surface area contributed by atoms with Crippen molar-refractivity contribution in [1.29, 1.82) is 0 Å². The fourth-order valence-electron chi connectivity index (χ4n) is 1.96. The van der Waals surface area contributed by atoms with Gasteiger partial charge in [-0.25, -0.2) is 0 Å². The van der Waals surface area contributed by atoms with Gasteiger partial charge in [-0.2, -0.15) is 0 Å². The molecule has 0 amide bonds. The van der Waals surface area contributed by atoms with E-state index >= 15 is 0 Å². The van der Waals surface area contributed by atoms with Crippen LogP contribution in [0.25, 0.3) is 0 Å².